The zero-order chi connectivity index (χ0) is 14.5. The van der Waals surface area contributed by atoms with Gasteiger partial charge < -0.3 is 5.32 Å². The van der Waals surface area contributed by atoms with Crippen molar-refractivity contribution in [2.24, 2.45) is 0 Å². The zero-order valence-electron chi connectivity index (χ0n) is 12.8. The highest BCUT2D eigenvalue weighted by atomic mass is 14.9. The molecular weight excluding hydrogens is 256 g/mol. The predicted octanol–water partition coefficient (Wildman–Crippen LogP) is 3.72. The highest BCUT2D eigenvalue weighted by molar-refractivity contribution is 5.30. The van der Waals surface area contributed by atoms with Gasteiger partial charge in [-0.15, -0.1) is 0 Å². The third kappa shape index (κ3) is 2.86. The molecule has 1 aromatic heterocycles. The second-order valence-corrected chi connectivity index (χ2v) is 6.13. The fourth-order valence-corrected chi connectivity index (χ4v) is 3.94. The van der Waals surface area contributed by atoms with Crippen LogP contribution in [-0.2, 0) is 11.8 Å². The van der Waals surface area contributed by atoms with E-state index in [0.717, 1.165) is 6.42 Å². The first kappa shape index (κ1) is 14.3. The Morgan fingerprint density at radius 3 is 2.33 bits per heavy atom. The summed E-state index contributed by atoms with van der Waals surface area (Å²) in [6, 6.07) is 15.8. The lowest BCUT2D eigenvalue weighted by molar-refractivity contribution is 0.307. The number of nitrogens with zero attached hydrogens (tertiary/aromatic N) is 1. The summed E-state index contributed by atoms with van der Waals surface area (Å²) in [7, 11) is 2.11. The molecule has 0 aliphatic heterocycles. The Morgan fingerprint density at radius 2 is 1.71 bits per heavy atom. The molecule has 1 N–H and O–H groups in total. The van der Waals surface area contributed by atoms with Gasteiger partial charge in [-0.25, -0.2) is 0 Å². The van der Waals surface area contributed by atoms with Gasteiger partial charge in [0, 0.05) is 23.9 Å². The van der Waals surface area contributed by atoms with Gasteiger partial charge in [-0.3, -0.25) is 4.98 Å². The standard InChI is InChI=1S/C19H24N2/c1-20-18(15-16-9-13-21-14-10-16)19(11-5-6-12-19)17-7-3-2-4-8-17/h2-4,7-10,13-14,18,20H,5-6,11-12,15H2,1H3. The Kier molecular flexibility index (Phi) is 4.35. The highest BCUT2D eigenvalue weighted by Crippen LogP contribution is 2.44. The average molecular weight is 280 g/mol. The van der Waals surface area contributed by atoms with Gasteiger partial charge in [0.15, 0.2) is 0 Å². The molecule has 2 aromatic rings. The second kappa shape index (κ2) is 6.40. The Morgan fingerprint density at radius 1 is 1.05 bits per heavy atom. The molecule has 2 nitrogen and oxygen atoms in total. The molecule has 21 heavy (non-hydrogen) atoms. The van der Waals surface area contributed by atoms with Gasteiger partial charge in [0.2, 0.25) is 0 Å². The van der Waals surface area contributed by atoms with Crippen molar-refractivity contribution < 1.29 is 0 Å². The largest absolute Gasteiger partial charge is 0.316 e. The molecule has 0 saturated heterocycles. The van der Waals surface area contributed by atoms with E-state index >= 15 is 0 Å². The topological polar surface area (TPSA) is 24.9 Å². The minimum atomic E-state index is 0.277. The fourth-order valence-electron chi connectivity index (χ4n) is 3.94. The number of rotatable bonds is 5. The van der Waals surface area contributed by atoms with Crippen molar-refractivity contribution in [3.8, 4) is 0 Å². The van der Waals surface area contributed by atoms with E-state index in [1.807, 2.05) is 12.4 Å². The van der Waals surface area contributed by atoms with Crippen LogP contribution in [0.1, 0.15) is 36.8 Å². The summed E-state index contributed by atoms with van der Waals surface area (Å²) in [5.41, 5.74) is 3.14. The number of pyridine rings is 1. The van der Waals surface area contributed by atoms with Crippen molar-refractivity contribution in [2.45, 2.75) is 43.6 Å². The highest BCUT2D eigenvalue weighted by Gasteiger charge is 2.41. The van der Waals surface area contributed by atoms with Crippen LogP contribution < -0.4 is 5.32 Å². The fraction of sp³-hybridized carbons (Fsp3) is 0.421. The van der Waals surface area contributed by atoms with Gasteiger partial charge in [0.05, 0.1) is 0 Å². The lowest BCUT2D eigenvalue weighted by atomic mass is 9.71. The van der Waals surface area contributed by atoms with Gasteiger partial charge in [-0.2, -0.15) is 0 Å². The van der Waals surface area contributed by atoms with E-state index in [1.165, 1.54) is 36.8 Å². The number of hydrogen-bond acceptors (Lipinski definition) is 2. The van der Waals surface area contributed by atoms with Gasteiger partial charge in [0.25, 0.3) is 0 Å². The lowest BCUT2D eigenvalue weighted by Gasteiger charge is -2.38. The predicted molar refractivity (Wildman–Crippen MR) is 87.4 cm³/mol. The van der Waals surface area contributed by atoms with Crippen LogP contribution in [0.25, 0.3) is 0 Å². The molecule has 0 amide bonds. The van der Waals surface area contributed by atoms with Crippen molar-refractivity contribution in [3.63, 3.8) is 0 Å². The normalized spacial score (nSPS) is 18.5. The molecule has 1 saturated carbocycles. The summed E-state index contributed by atoms with van der Waals surface area (Å²) < 4.78 is 0. The smallest absolute Gasteiger partial charge is 0.0270 e. The third-order valence-corrected chi connectivity index (χ3v) is 5.05. The molecule has 0 bridgehead atoms. The SMILES string of the molecule is CNC(Cc1ccncc1)C1(c2ccccc2)CCCC1. The van der Waals surface area contributed by atoms with E-state index in [4.69, 9.17) is 0 Å². The molecule has 110 valence electrons. The first-order valence-corrected chi connectivity index (χ1v) is 7.97. The van der Waals surface area contributed by atoms with E-state index in [-0.39, 0.29) is 5.41 Å². The summed E-state index contributed by atoms with van der Waals surface area (Å²) >= 11 is 0. The van der Waals surface area contributed by atoms with Gasteiger partial charge >= 0.3 is 0 Å². The third-order valence-electron chi connectivity index (χ3n) is 5.05. The van der Waals surface area contributed by atoms with Crippen LogP contribution in [0.2, 0.25) is 0 Å². The minimum absolute atomic E-state index is 0.277. The van der Waals surface area contributed by atoms with Crippen molar-refractivity contribution in [1.82, 2.24) is 10.3 Å². The second-order valence-electron chi connectivity index (χ2n) is 6.13. The molecule has 1 atom stereocenters. The van der Waals surface area contributed by atoms with E-state index in [2.05, 4.69) is 59.8 Å². The van der Waals surface area contributed by atoms with Gasteiger partial charge in [0.1, 0.15) is 0 Å². The first-order valence-electron chi connectivity index (χ1n) is 7.97. The summed E-state index contributed by atoms with van der Waals surface area (Å²) in [4.78, 5) is 4.13. The van der Waals surface area contributed by atoms with E-state index in [1.54, 1.807) is 0 Å². The van der Waals surface area contributed by atoms with Crippen LogP contribution in [0.4, 0.5) is 0 Å². The molecule has 3 rings (SSSR count). The molecule has 0 radical (unpaired) electrons. The number of likely N-dealkylation sites (N-methyl/N-ethyl adjacent to an activating group) is 1. The molecular formula is C19H24N2. The number of nitrogens with one attached hydrogen (secondary N) is 1. The maximum absolute atomic E-state index is 4.13. The molecule has 2 heteroatoms. The number of hydrogen-bond donors (Lipinski definition) is 1. The average Bonchev–Trinajstić information content (AvgIpc) is 3.05. The maximum atomic E-state index is 4.13. The van der Waals surface area contributed by atoms with Crippen LogP contribution in [-0.4, -0.2) is 18.1 Å². The molecule has 1 heterocycles. The van der Waals surface area contributed by atoms with Gasteiger partial charge in [-0.05, 0) is 49.6 Å². The van der Waals surface area contributed by atoms with Crippen LogP contribution in [0.15, 0.2) is 54.9 Å². The summed E-state index contributed by atoms with van der Waals surface area (Å²) in [6.45, 7) is 0. The van der Waals surface area contributed by atoms with E-state index in [9.17, 15) is 0 Å². The minimum Gasteiger partial charge on any atom is -0.316 e. The summed E-state index contributed by atoms with van der Waals surface area (Å²) in [5.74, 6) is 0. The number of benzene rings is 1. The lowest BCUT2D eigenvalue weighted by Crippen LogP contribution is -2.47. The van der Waals surface area contributed by atoms with Gasteiger partial charge in [-0.1, -0.05) is 43.2 Å². The van der Waals surface area contributed by atoms with Crippen molar-refractivity contribution in [1.29, 1.82) is 0 Å². The van der Waals surface area contributed by atoms with Crippen molar-refractivity contribution >= 4 is 0 Å². The van der Waals surface area contributed by atoms with Crippen molar-refractivity contribution in [2.75, 3.05) is 7.05 Å². The van der Waals surface area contributed by atoms with E-state index < -0.39 is 0 Å². The van der Waals surface area contributed by atoms with Crippen LogP contribution in [0, 0.1) is 0 Å². The zero-order valence-corrected chi connectivity index (χ0v) is 12.8. The van der Waals surface area contributed by atoms with E-state index in [0.29, 0.717) is 6.04 Å². The monoisotopic (exact) mass is 280 g/mol. The van der Waals surface area contributed by atoms with Crippen molar-refractivity contribution in [3.05, 3.63) is 66.0 Å². The Balaban J connectivity index is 1.92. The summed E-state index contributed by atoms with van der Waals surface area (Å²) in [6.07, 6.45) is 10.1. The maximum Gasteiger partial charge on any atom is 0.0270 e. The number of aromatic nitrogens is 1. The molecule has 1 unspecified atom stereocenters. The molecule has 1 aromatic carbocycles. The Labute approximate surface area is 127 Å². The van der Waals surface area contributed by atoms with Crippen LogP contribution >= 0.6 is 0 Å². The molecule has 1 aliphatic rings. The Bertz CT molecular complexity index is 544. The van der Waals surface area contributed by atoms with Crippen LogP contribution in [0.5, 0.6) is 0 Å². The first-order chi connectivity index (χ1) is 10.3. The molecule has 1 fully saturated rings. The quantitative estimate of drug-likeness (QED) is 0.903. The summed E-state index contributed by atoms with van der Waals surface area (Å²) in [5, 5.41) is 3.61. The Hall–Kier alpha value is -1.67. The van der Waals surface area contributed by atoms with Crippen LogP contribution in [0.3, 0.4) is 0 Å². The molecule has 0 spiro atoms. The molecule has 1 aliphatic carbocycles.